The molecule has 13 heavy (non-hydrogen) atoms. The molecule has 0 saturated carbocycles. The van der Waals surface area contributed by atoms with E-state index >= 15 is 0 Å². The molecule has 0 bridgehead atoms. The van der Waals surface area contributed by atoms with Crippen LogP contribution >= 0.6 is 0 Å². The van der Waals surface area contributed by atoms with E-state index in [0.29, 0.717) is 11.4 Å². The highest BCUT2D eigenvalue weighted by Gasteiger charge is 1.92. The largest absolute Gasteiger partial charge is 0.390 e. The Kier molecular flexibility index (Phi) is 3.34. The number of ketones is 1. The zero-order valence-corrected chi connectivity index (χ0v) is 7.40. The Morgan fingerprint density at radius 3 is 3.00 bits per heavy atom. The molecule has 0 aromatic carbocycles. The number of pyridine rings is 1. The van der Waals surface area contributed by atoms with Crippen LogP contribution in [0, 0.1) is 0 Å². The SMILES string of the molecule is CC(=O)C=Cc1cccc(CO)n1. The first-order chi connectivity index (χ1) is 6.22. The van der Waals surface area contributed by atoms with E-state index in [9.17, 15) is 4.79 Å². The average molecular weight is 177 g/mol. The summed E-state index contributed by atoms with van der Waals surface area (Å²) in [5, 5.41) is 8.79. The number of aliphatic hydroxyl groups excluding tert-OH is 1. The second-order valence-corrected chi connectivity index (χ2v) is 2.66. The molecule has 0 unspecified atom stereocenters. The molecule has 0 aliphatic carbocycles. The molecule has 3 heteroatoms. The highest BCUT2D eigenvalue weighted by Crippen LogP contribution is 2.01. The smallest absolute Gasteiger partial charge is 0.152 e. The van der Waals surface area contributed by atoms with Gasteiger partial charge in [-0.15, -0.1) is 0 Å². The summed E-state index contributed by atoms with van der Waals surface area (Å²) < 4.78 is 0. The Balaban J connectivity index is 2.83. The lowest BCUT2D eigenvalue weighted by Gasteiger charge is -1.95. The molecule has 68 valence electrons. The van der Waals surface area contributed by atoms with Crippen molar-refractivity contribution in [1.29, 1.82) is 0 Å². The van der Waals surface area contributed by atoms with Crippen molar-refractivity contribution in [2.75, 3.05) is 0 Å². The average Bonchev–Trinajstić information content (AvgIpc) is 2.15. The van der Waals surface area contributed by atoms with Crippen molar-refractivity contribution in [2.45, 2.75) is 13.5 Å². The van der Waals surface area contributed by atoms with Crippen LogP contribution in [0.5, 0.6) is 0 Å². The summed E-state index contributed by atoms with van der Waals surface area (Å²) in [6, 6.07) is 5.29. The number of allylic oxidation sites excluding steroid dienone is 1. The Hall–Kier alpha value is -1.48. The van der Waals surface area contributed by atoms with Crippen LogP contribution < -0.4 is 0 Å². The lowest BCUT2D eigenvalue weighted by atomic mass is 10.2. The minimum Gasteiger partial charge on any atom is -0.390 e. The van der Waals surface area contributed by atoms with Gasteiger partial charge in [-0.25, -0.2) is 0 Å². The maximum Gasteiger partial charge on any atom is 0.152 e. The van der Waals surface area contributed by atoms with Crippen LogP contribution in [0.15, 0.2) is 24.3 Å². The first-order valence-corrected chi connectivity index (χ1v) is 3.98. The van der Waals surface area contributed by atoms with Gasteiger partial charge in [0, 0.05) is 0 Å². The quantitative estimate of drug-likeness (QED) is 0.705. The van der Waals surface area contributed by atoms with Gasteiger partial charge in [0.15, 0.2) is 5.78 Å². The van der Waals surface area contributed by atoms with Gasteiger partial charge in [0.1, 0.15) is 0 Å². The molecule has 0 aliphatic rings. The lowest BCUT2D eigenvalue weighted by Crippen LogP contribution is -1.90. The monoisotopic (exact) mass is 177 g/mol. The van der Waals surface area contributed by atoms with Gasteiger partial charge >= 0.3 is 0 Å². The summed E-state index contributed by atoms with van der Waals surface area (Å²) in [5.41, 5.74) is 1.28. The summed E-state index contributed by atoms with van der Waals surface area (Å²) in [5.74, 6) is -0.0174. The van der Waals surface area contributed by atoms with Gasteiger partial charge in [0.2, 0.25) is 0 Å². The third-order valence-electron chi connectivity index (χ3n) is 1.48. The van der Waals surface area contributed by atoms with Gasteiger partial charge in [-0.1, -0.05) is 6.07 Å². The predicted molar refractivity (Wildman–Crippen MR) is 49.9 cm³/mol. The van der Waals surface area contributed by atoms with Crippen LogP contribution in [0.25, 0.3) is 6.08 Å². The molecule has 0 atom stereocenters. The maximum atomic E-state index is 10.6. The van der Waals surface area contributed by atoms with Crippen molar-refractivity contribution in [3.63, 3.8) is 0 Å². The fourth-order valence-corrected chi connectivity index (χ4v) is 0.882. The third-order valence-corrected chi connectivity index (χ3v) is 1.48. The second kappa shape index (κ2) is 4.52. The molecule has 1 N–H and O–H groups in total. The van der Waals surface area contributed by atoms with Crippen LogP contribution in [0.1, 0.15) is 18.3 Å². The Labute approximate surface area is 76.7 Å². The Morgan fingerprint density at radius 1 is 1.62 bits per heavy atom. The number of aromatic nitrogens is 1. The van der Waals surface area contributed by atoms with Crippen LogP contribution in [-0.4, -0.2) is 15.9 Å². The number of nitrogens with zero attached hydrogens (tertiary/aromatic N) is 1. The van der Waals surface area contributed by atoms with Gasteiger partial charge in [0.25, 0.3) is 0 Å². The number of hydrogen-bond acceptors (Lipinski definition) is 3. The molecule has 0 fully saturated rings. The third kappa shape index (κ3) is 3.17. The second-order valence-electron chi connectivity index (χ2n) is 2.66. The fourth-order valence-electron chi connectivity index (χ4n) is 0.882. The molecule has 0 radical (unpaired) electrons. The van der Waals surface area contributed by atoms with Crippen LogP contribution in [-0.2, 0) is 11.4 Å². The van der Waals surface area contributed by atoms with E-state index < -0.39 is 0 Å². The molecule has 1 heterocycles. The molecule has 0 aliphatic heterocycles. The van der Waals surface area contributed by atoms with E-state index in [1.165, 1.54) is 13.0 Å². The van der Waals surface area contributed by atoms with Gasteiger partial charge in [0.05, 0.1) is 18.0 Å². The number of carbonyl (C=O) groups excluding carboxylic acids is 1. The predicted octanol–water partition coefficient (Wildman–Crippen LogP) is 1.18. The molecule has 0 saturated heterocycles. The molecular weight excluding hydrogens is 166 g/mol. The summed E-state index contributed by atoms with van der Waals surface area (Å²) in [6.45, 7) is 1.40. The van der Waals surface area contributed by atoms with Gasteiger partial charge < -0.3 is 5.11 Å². The van der Waals surface area contributed by atoms with Gasteiger partial charge in [-0.3, -0.25) is 9.78 Å². The summed E-state index contributed by atoms with van der Waals surface area (Å²) in [7, 11) is 0. The van der Waals surface area contributed by atoms with Crippen molar-refractivity contribution in [3.8, 4) is 0 Å². The topological polar surface area (TPSA) is 50.2 Å². The number of rotatable bonds is 3. The van der Waals surface area contributed by atoms with Crippen LogP contribution in [0.2, 0.25) is 0 Å². The minimum absolute atomic E-state index is 0.0174. The number of hydrogen-bond donors (Lipinski definition) is 1. The first-order valence-electron chi connectivity index (χ1n) is 3.98. The molecular formula is C10H11NO2. The van der Waals surface area contributed by atoms with E-state index in [1.54, 1.807) is 24.3 Å². The number of aliphatic hydroxyl groups is 1. The van der Waals surface area contributed by atoms with Crippen molar-refractivity contribution in [3.05, 3.63) is 35.7 Å². The highest BCUT2D eigenvalue weighted by atomic mass is 16.3. The normalized spacial score (nSPS) is 10.6. The summed E-state index contributed by atoms with van der Waals surface area (Å²) in [4.78, 5) is 14.7. The van der Waals surface area contributed by atoms with E-state index in [0.717, 1.165) is 0 Å². The number of carbonyl (C=O) groups is 1. The van der Waals surface area contributed by atoms with Crippen LogP contribution in [0.4, 0.5) is 0 Å². The first kappa shape index (κ1) is 9.61. The lowest BCUT2D eigenvalue weighted by molar-refractivity contribution is -0.112. The molecule has 1 rings (SSSR count). The minimum atomic E-state index is -0.0816. The Bertz CT molecular complexity index is 331. The Morgan fingerprint density at radius 2 is 2.38 bits per heavy atom. The van der Waals surface area contributed by atoms with Gasteiger partial charge in [-0.05, 0) is 31.2 Å². The molecule has 3 nitrogen and oxygen atoms in total. The van der Waals surface area contributed by atoms with Crippen molar-refractivity contribution in [1.82, 2.24) is 4.98 Å². The zero-order valence-electron chi connectivity index (χ0n) is 7.40. The van der Waals surface area contributed by atoms with E-state index in [1.807, 2.05) is 0 Å². The summed E-state index contributed by atoms with van der Waals surface area (Å²) in [6.07, 6.45) is 3.07. The zero-order chi connectivity index (χ0) is 9.68. The standard InChI is InChI=1S/C10H11NO2/c1-8(13)5-6-9-3-2-4-10(7-12)11-9/h2-6,12H,7H2,1H3. The fraction of sp³-hybridized carbons (Fsp3) is 0.200. The highest BCUT2D eigenvalue weighted by molar-refractivity contribution is 5.91. The van der Waals surface area contributed by atoms with Crippen molar-refractivity contribution in [2.24, 2.45) is 0 Å². The van der Waals surface area contributed by atoms with Crippen molar-refractivity contribution >= 4 is 11.9 Å². The molecule has 0 spiro atoms. The van der Waals surface area contributed by atoms with E-state index in [-0.39, 0.29) is 12.4 Å². The maximum absolute atomic E-state index is 10.6. The van der Waals surface area contributed by atoms with Crippen molar-refractivity contribution < 1.29 is 9.90 Å². The van der Waals surface area contributed by atoms with Gasteiger partial charge in [-0.2, -0.15) is 0 Å². The van der Waals surface area contributed by atoms with Crippen LogP contribution in [0.3, 0.4) is 0 Å². The summed E-state index contributed by atoms with van der Waals surface area (Å²) >= 11 is 0. The molecule has 1 aromatic heterocycles. The van der Waals surface area contributed by atoms with E-state index in [4.69, 9.17) is 5.11 Å². The van der Waals surface area contributed by atoms with E-state index in [2.05, 4.69) is 4.98 Å². The molecule has 0 amide bonds. The molecule has 1 aromatic rings.